The standard InChI is InChI=1S/C12H12N2O/c1-2-8-4-3-5-10-9(8)6-7-11(14-10)12(13)15/h3-7H,2H2,1H3,(H2,13,15). The highest BCUT2D eigenvalue weighted by atomic mass is 16.1. The van der Waals surface area contributed by atoms with Gasteiger partial charge in [0.25, 0.3) is 5.91 Å². The number of nitrogens with zero attached hydrogens (tertiary/aromatic N) is 1. The number of benzene rings is 1. The fourth-order valence-electron chi connectivity index (χ4n) is 1.66. The summed E-state index contributed by atoms with van der Waals surface area (Å²) in [6.07, 6.45) is 0.953. The average Bonchev–Trinajstić information content (AvgIpc) is 2.27. The molecule has 1 aromatic heterocycles. The van der Waals surface area contributed by atoms with Gasteiger partial charge in [0.2, 0.25) is 0 Å². The van der Waals surface area contributed by atoms with Crippen LogP contribution in [0.5, 0.6) is 0 Å². The van der Waals surface area contributed by atoms with E-state index in [2.05, 4.69) is 18.0 Å². The monoisotopic (exact) mass is 200 g/mol. The van der Waals surface area contributed by atoms with Crippen molar-refractivity contribution in [2.75, 3.05) is 0 Å². The third-order valence-electron chi connectivity index (χ3n) is 2.46. The molecule has 2 rings (SSSR count). The van der Waals surface area contributed by atoms with E-state index in [-0.39, 0.29) is 0 Å². The van der Waals surface area contributed by atoms with Crippen LogP contribution in [0.3, 0.4) is 0 Å². The van der Waals surface area contributed by atoms with Crippen LogP contribution >= 0.6 is 0 Å². The highest BCUT2D eigenvalue weighted by Gasteiger charge is 2.05. The zero-order chi connectivity index (χ0) is 10.8. The minimum absolute atomic E-state index is 0.316. The molecule has 0 bridgehead atoms. The van der Waals surface area contributed by atoms with Gasteiger partial charge in [-0.25, -0.2) is 4.98 Å². The van der Waals surface area contributed by atoms with Crippen LogP contribution in [0.25, 0.3) is 10.9 Å². The molecule has 0 atom stereocenters. The molecule has 0 saturated carbocycles. The number of carbonyl (C=O) groups is 1. The molecule has 0 fully saturated rings. The molecule has 0 saturated heterocycles. The largest absolute Gasteiger partial charge is 0.364 e. The Balaban J connectivity index is 2.69. The summed E-state index contributed by atoms with van der Waals surface area (Å²) in [5.41, 5.74) is 7.55. The van der Waals surface area contributed by atoms with Gasteiger partial charge >= 0.3 is 0 Å². The number of amides is 1. The van der Waals surface area contributed by atoms with E-state index in [9.17, 15) is 4.79 Å². The van der Waals surface area contributed by atoms with Crippen LogP contribution in [0.2, 0.25) is 0 Å². The van der Waals surface area contributed by atoms with Crippen molar-refractivity contribution in [2.24, 2.45) is 5.73 Å². The molecular weight excluding hydrogens is 188 g/mol. The van der Waals surface area contributed by atoms with Crippen molar-refractivity contribution in [1.29, 1.82) is 0 Å². The summed E-state index contributed by atoms with van der Waals surface area (Å²) in [5.74, 6) is -0.487. The predicted molar refractivity (Wildman–Crippen MR) is 59.6 cm³/mol. The number of pyridine rings is 1. The van der Waals surface area contributed by atoms with Crippen LogP contribution in [0.15, 0.2) is 30.3 Å². The molecule has 2 N–H and O–H groups in total. The topological polar surface area (TPSA) is 56.0 Å². The van der Waals surface area contributed by atoms with E-state index in [4.69, 9.17) is 5.73 Å². The van der Waals surface area contributed by atoms with Crippen LogP contribution < -0.4 is 5.73 Å². The molecule has 0 spiro atoms. The normalized spacial score (nSPS) is 10.5. The number of nitrogens with two attached hydrogens (primary N) is 1. The Hall–Kier alpha value is -1.90. The smallest absolute Gasteiger partial charge is 0.267 e. The molecule has 1 amide bonds. The third kappa shape index (κ3) is 1.68. The fourth-order valence-corrected chi connectivity index (χ4v) is 1.66. The van der Waals surface area contributed by atoms with E-state index in [1.165, 1.54) is 5.56 Å². The Morgan fingerprint density at radius 1 is 1.33 bits per heavy atom. The minimum atomic E-state index is -0.487. The average molecular weight is 200 g/mol. The zero-order valence-corrected chi connectivity index (χ0v) is 8.53. The first kappa shape index (κ1) is 9.65. The van der Waals surface area contributed by atoms with E-state index in [1.807, 2.05) is 18.2 Å². The Labute approximate surface area is 87.9 Å². The molecule has 76 valence electrons. The maximum Gasteiger partial charge on any atom is 0.267 e. The van der Waals surface area contributed by atoms with E-state index in [0.717, 1.165) is 17.3 Å². The summed E-state index contributed by atoms with van der Waals surface area (Å²) in [4.78, 5) is 15.2. The summed E-state index contributed by atoms with van der Waals surface area (Å²) in [7, 11) is 0. The molecule has 15 heavy (non-hydrogen) atoms. The first-order valence-electron chi connectivity index (χ1n) is 4.91. The number of rotatable bonds is 2. The zero-order valence-electron chi connectivity index (χ0n) is 8.53. The van der Waals surface area contributed by atoms with Gasteiger partial charge in [-0.2, -0.15) is 0 Å². The first-order valence-corrected chi connectivity index (χ1v) is 4.91. The lowest BCUT2D eigenvalue weighted by Gasteiger charge is -2.04. The molecule has 0 aliphatic carbocycles. The molecule has 0 aliphatic heterocycles. The van der Waals surface area contributed by atoms with Crippen molar-refractivity contribution in [1.82, 2.24) is 4.98 Å². The molecule has 1 aromatic carbocycles. The summed E-state index contributed by atoms with van der Waals surface area (Å²) < 4.78 is 0. The van der Waals surface area contributed by atoms with Gasteiger partial charge in [-0.1, -0.05) is 25.1 Å². The number of primary amides is 1. The number of aryl methyl sites for hydroxylation is 1. The highest BCUT2D eigenvalue weighted by molar-refractivity contribution is 5.94. The van der Waals surface area contributed by atoms with Gasteiger partial charge in [-0.3, -0.25) is 4.79 Å². The van der Waals surface area contributed by atoms with Crippen molar-refractivity contribution in [3.05, 3.63) is 41.6 Å². The SMILES string of the molecule is CCc1cccc2nc(C(N)=O)ccc12. The van der Waals surface area contributed by atoms with E-state index in [1.54, 1.807) is 6.07 Å². The Morgan fingerprint density at radius 3 is 2.80 bits per heavy atom. The number of fused-ring (bicyclic) bond motifs is 1. The second-order valence-electron chi connectivity index (χ2n) is 3.40. The lowest BCUT2D eigenvalue weighted by molar-refractivity contribution is 0.0996. The van der Waals surface area contributed by atoms with Gasteiger partial charge in [0.05, 0.1) is 5.52 Å². The van der Waals surface area contributed by atoms with Gasteiger partial charge in [-0.15, -0.1) is 0 Å². The van der Waals surface area contributed by atoms with Gasteiger partial charge < -0.3 is 5.73 Å². The summed E-state index contributed by atoms with van der Waals surface area (Å²) in [5, 5.41) is 1.09. The molecule has 0 radical (unpaired) electrons. The van der Waals surface area contributed by atoms with Crippen LogP contribution in [-0.2, 0) is 6.42 Å². The second-order valence-corrected chi connectivity index (χ2v) is 3.40. The molecule has 3 heteroatoms. The third-order valence-corrected chi connectivity index (χ3v) is 2.46. The van der Waals surface area contributed by atoms with Crippen LogP contribution in [-0.4, -0.2) is 10.9 Å². The summed E-state index contributed by atoms with van der Waals surface area (Å²) in [6, 6.07) is 9.47. The van der Waals surface area contributed by atoms with E-state index < -0.39 is 5.91 Å². The lowest BCUT2D eigenvalue weighted by atomic mass is 10.1. The molecule has 2 aromatic rings. The Bertz CT molecular complexity index is 520. The molecule has 0 aliphatic rings. The van der Waals surface area contributed by atoms with Crippen LogP contribution in [0.1, 0.15) is 23.0 Å². The van der Waals surface area contributed by atoms with E-state index >= 15 is 0 Å². The van der Waals surface area contributed by atoms with Gasteiger partial charge in [0, 0.05) is 5.39 Å². The molecule has 3 nitrogen and oxygen atoms in total. The van der Waals surface area contributed by atoms with Gasteiger partial charge in [0.1, 0.15) is 5.69 Å². The predicted octanol–water partition coefficient (Wildman–Crippen LogP) is 1.90. The van der Waals surface area contributed by atoms with Crippen LogP contribution in [0, 0.1) is 0 Å². The van der Waals surface area contributed by atoms with Gasteiger partial charge in [-0.05, 0) is 24.1 Å². The summed E-state index contributed by atoms with van der Waals surface area (Å²) >= 11 is 0. The van der Waals surface area contributed by atoms with Crippen molar-refractivity contribution >= 4 is 16.8 Å². The maximum atomic E-state index is 11.0. The first-order chi connectivity index (χ1) is 7.22. The Morgan fingerprint density at radius 2 is 2.13 bits per heavy atom. The van der Waals surface area contributed by atoms with Crippen LogP contribution in [0.4, 0.5) is 0 Å². The summed E-state index contributed by atoms with van der Waals surface area (Å²) in [6.45, 7) is 2.09. The quantitative estimate of drug-likeness (QED) is 0.804. The Kier molecular flexibility index (Phi) is 2.37. The molecule has 0 unspecified atom stereocenters. The van der Waals surface area contributed by atoms with Crippen molar-refractivity contribution < 1.29 is 4.79 Å². The highest BCUT2D eigenvalue weighted by Crippen LogP contribution is 2.17. The van der Waals surface area contributed by atoms with Gasteiger partial charge in [0.15, 0.2) is 0 Å². The number of carbonyl (C=O) groups excluding carboxylic acids is 1. The maximum absolute atomic E-state index is 11.0. The van der Waals surface area contributed by atoms with Crippen molar-refractivity contribution in [3.63, 3.8) is 0 Å². The lowest BCUT2D eigenvalue weighted by Crippen LogP contribution is -2.12. The van der Waals surface area contributed by atoms with Crippen molar-refractivity contribution in [2.45, 2.75) is 13.3 Å². The van der Waals surface area contributed by atoms with E-state index in [0.29, 0.717) is 5.69 Å². The minimum Gasteiger partial charge on any atom is -0.364 e. The van der Waals surface area contributed by atoms with Crippen molar-refractivity contribution in [3.8, 4) is 0 Å². The number of hydrogen-bond donors (Lipinski definition) is 1. The molecular formula is C12H12N2O. The second kappa shape index (κ2) is 3.69. The number of hydrogen-bond acceptors (Lipinski definition) is 2. The molecule has 1 heterocycles. The number of aromatic nitrogens is 1. The fraction of sp³-hybridized carbons (Fsp3) is 0.167.